The van der Waals surface area contributed by atoms with Crippen LogP contribution in [0, 0.1) is 41.4 Å². The number of hydroxylamine groups is 2. The van der Waals surface area contributed by atoms with Crippen molar-refractivity contribution in [2.24, 2.45) is 47.2 Å². The smallest absolute Gasteiger partial charge is 0.404 e. The number of aliphatic hydroxyl groups is 1. The molecule has 0 fully saturated rings. The van der Waals surface area contributed by atoms with Gasteiger partial charge in [-0.2, -0.15) is 0 Å². The molecule has 0 radical (unpaired) electrons. The fourth-order valence-electron chi connectivity index (χ4n) is 7.81. The lowest BCUT2D eigenvalue weighted by Crippen LogP contribution is -2.51. The van der Waals surface area contributed by atoms with Gasteiger partial charge in [-0.15, -0.1) is 0 Å². The molecule has 0 aromatic rings. The predicted molar refractivity (Wildman–Crippen MR) is 287 cm³/mol. The summed E-state index contributed by atoms with van der Waals surface area (Å²) in [6, 6.07) is 0. The van der Waals surface area contributed by atoms with Gasteiger partial charge in [-0.25, -0.2) is 9.86 Å². The molecular weight excluding hydrogens is 893 g/mol. The Morgan fingerprint density at radius 3 is 1.51 bits per heavy atom. The average molecular weight is 996 g/mol. The molecule has 0 bridgehead atoms. The van der Waals surface area contributed by atoms with Crippen molar-refractivity contribution in [2.45, 2.75) is 215 Å². The number of hydrogen-bond acceptors (Lipinski definition) is 9. The minimum Gasteiger partial charge on any atom is -0.445 e. The van der Waals surface area contributed by atoms with Crippen LogP contribution in [0.5, 0.6) is 0 Å². The molecule has 12 atom stereocenters. The number of rotatable bonds is 27. The highest BCUT2D eigenvalue weighted by Gasteiger charge is 2.46. The molecule has 14 heteroatoms. The fourth-order valence-corrected chi connectivity index (χ4v) is 12.2. The first-order chi connectivity index (χ1) is 30.1. The quantitative estimate of drug-likeness (QED) is 0.0355. The van der Waals surface area contributed by atoms with Crippen molar-refractivity contribution in [2.75, 3.05) is 14.2 Å². The number of hydrogen-bond donors (Lipinski definition) is 2. The molecule has 0 saturated heterocycles. The van der Waals surface area contributed by atoms with E-state index in [2.05, 4.69) is 149 Å². The van der Waals surface area contributed by atoms with E-state index in [0.717, 1.165) is 6.42 Å². The molecule has 0 aliphatic rings. The number of primary amides is 1. The Bertz CT molecular complexity index is 1670. The molecule has 2 amide bonds. The van der Waals surface area contributed by atoms with Crippen LogP contribution in [0.15, 0.2) is 48.6 Å². The van der Waals surface area contributed by atoms with Crippen LogP contribution >= 0.6 is 0 Å². The number of aliphatic hydroxyl groups excluding tert-OH is 1. The van der Waals surface area contributed by atoms with E-state index >= 15 is 0 Å². The third-order valence-electron chi connectivity index (χ3n) is 15.4. The summed E-state index contributed by atoms with van der Waals surface area (Å²) in [4.78, 5) is 44.8. The third-order valence-corrected chi connectivity index (χ3v) is 28.8. The van der Waals surface area contributed by atoms with Crippen molar-refractivity contribution in [1.29, 1.82) is 0 Å². The summed E-state index contributed by atoms with van der Waals surface area (Å²) < 4.78 is 27.1. The number of Topliss-reactive ketones (excluding diaryl/α,β-unsaturated/α-hetero) is 1. The number of allylic oxidation sites excluding steroid dienone is 3. The first-order valence-electron chi connectivity index (χ1n) is 24.8. The first-order valence-corrected chi connectivity index (χ1v) is 33.5. The first kappa shape index (κ1) is 64.8. The summed E-state index contributed by atoms with van der Waals surface area (Å²) in [6.07, 6.45) is 8.71. The van der Waals surface area contributed by atoms with Gasteiger partial charge in [0, 0.05) is 31.2 Å². The summed E-state index contributed by atoms with van der Waals surface area (Å²) >= 11 is 0. The topological polar surface area (TPSA) is 147 Å². The van der Waals surface area contributed by atoms with E-state index in [9.17, 15) is 19.5 Å². The monoisotopic (exact) mass is 995 g/mol. The van der Waals surface area contributed by atoms with Gasteiger partial charge in [0.05, 0.1) is 37.4 Å². The maximum absolute atomic E-state index is 14.0. The number of nitrogens with two attached hydrogens (primary N) is 1. The van der Waals surface area contributed by atoms with E-state index in [1.54, 1.807) is 33.0 Å². The molecule has 0 unspecified atom stereocenters. The van der Waals surface area contributed by atoms with Crippen LogP contribution in [0.1, 0.15) is 131 Å². The number of carbonyl (C=O) groups is 3. The van der Waals surface area contributed by atoms with Crippen LogP contribution < -0.4 is 5.73 Å². The van der Waals surface area contributed by atoms with E-state index < -0.39 is 61.2 Å². The van der Waals surface area contributed by atoms with E-state index in [0.29, 0.717) is 0 Å². The molecule has 0 rings (SSSR count). The highest BCUT2D eigenvalue weighted by atomic mass is 28.4. The number of ketones is 1. The number of nitrogens with zero attached hydrogens (tertiary/aromatic N) is 1. The van der Waals surface area contributed by atoms with Crippen molar-refractivity contribution in [1.82, 2.24) is 5.06 Å². The van der Waals surface area contributed by atoms with Crippen LogP contribution in [0.2, 0.25) is 54.4 Å². The second kappa shape index (κ2) is 26.3. The highest BCUT2D eigenvalue weighted by Crippen LogP contribution is 2.43. The van der Waals surface area contributed by atoms with E-state index in [1.807, 2.05) is 25.2 Å². The molecule has 390 valence electrons. The third kappa shape index (κ3) is 19.9. The van der Waals surface area contributed by atoms with Crippen molar-refractivity contribution in [3.63, 3.8) is 0 Å². The van der Waals surface area contributed by atoms with Gasteiger partial charge in [0.15, 0.2) is 25.0 Å². The summed E-state index contributed by atoms with van der Waals surface area (Å²) in [7, 11) is -3.99. The second-order valence-corrected chi connectivity index (χ2v) is 38.7. The lowest BCUT2D eigenvalue weighted by atomic mass is 9.81. The van der Waals surface area contributed by atoms with Crippen LogP contribution in [0.25, 0.3) is 0 Å². The summed E-state index contributed by atoms with van der Waals surface area (Å²) in [5.74, 6) is -2.13. The minimum atomic E-state index is -2.41. The molecule has 3 N–H and O–H groups in total. The Hall–Kier alpha value is -2.18. The van der Waals surface area contributed by atoms with Gasteiger partial charge in [0.2, 0.25) is 0 Å². The summed E-state index contributed by atoms with van der Waals surface area (Å²) in [5, 5.41) is 12.4. The average Bonchev–Trinajstić information content (AvgIpc) is 3.18. The van der Waals surface area contributed by atoms with Crippen LogP contribution in [-0.2, 0) is 32.4 Å². The predicted octanol–water partition coefficient (Wildman–Crippen LogP) is 13.0. The molecule has 0 aliphatic heterocycles. The zero-order chi connectivity index (χ0) is 53.0. The van der Waals surface area contributed by atoms with Gasteiger partial charge in [-0.05, 0) is 85.5 Å². The molecule has 0 spiro atoms. The second-order valence-electron chi connectivity index (χ2n) is 24.4. The molecule has 0 aliphatic carbocycles. The maximum Gasteiger partial charge on any atom is 0.404 e. The molecule has 0 saturated carbocycles. The molecule has 0 heterocycles. The Balaban J connectivity index is 6.95. The number of amides is 2. The lowest BCUT2D eigenvalue weighted by molar-refractivity contribution is -0.177. The number of ether oxygens (including phenoxy) is 1. The molecule has 67 heavy (non-hydrogen) atoms. The van der Waals surface area contributed by atoms with Crippen molar-refractivity contribution in [3.05, 3.63) is 48.6 Å². The summed E-state index contributed by atoms with van der Waals surface area (Å²) in [6.45, 7) is 53.3. The summed E-state index contributed by atoms with van der Waals surface area (Å²) in [5.41, 5.74) is 6.86. The molecule has 0 aromatic heterocycles. The zero-order valence-electron chi connectivity index (χ0n) is 47.3. The van der Waals surface area contributed by atoms with Gasteiger partial charge >= 0.3 is 6.09 Å². The van der Waals surface area contributed by atoms with Gasteiger partial charge in [-0.3, -0.25) is 14.4 Å². The van der Waals surface area contributed by atoms with Gasteiger partial charge in [-0.1, -0.05) is 159 Å². The van der Waals surface area contributed by atoms with Gasteiger partial charge in [0.1, 0.15) is 11.9 Å². The maximum atomic E-state index is 14.0. The minimum absolute atomic E-state index is 0.00976. The molecule has 11 nitrogen and oxygen atoms in total. The SMILES string of the molecule is C=CC=C[C@H](C)[C@H](OC(N)=O)[C@@H](C)[C@H](O[Si](C)(C)C(C)(C)C)[C@@H](C)CC(C)=C[C@H](C)[C@@H](O[Si](C)(C)C(C)(C)C)[C@@H](C)C=C[C@@H](O)CC(=O)[C@H](C)[C@H](O[Si](C)(C)C(C)(C)C)[C@@H](C)C(=O)N(C)OC. The van der Waals surface area contributed by atoms with Crippen molar-refractivity contribution >= 4 is 42.7 Å². The Morgan fingerprint density at radius 1 is 0.657 bits per heavy atom. The Morgan fingerprint density at radius 2 is 1.09 bits per heavy atom. The van der Waals surface area contributed by atoms with E-state index in [-0.39, 0.29) is 75.0 Å². The number of carbonyl (C=O) groups excluding carboxylic acids is 3. The molecule has 0 aromatic carbocycles. The van der Waals surface area contributed by atoms with Gasteiger partial charge < -0.3 is 28.9 Å². The highest BCUT2D eigenvalue weighted by molar-refractivity contribution is 6.75. The Labute approximate surface area is 413 Å². The lowest BCUT2D eigenvalue weighted by Gasteiger charge is -2.45. The van der Waals surface area contributed by atoms with Crippen LogP contribution in [0.3, 0.4) is 0 Å². The van der Waals surface area contributed by atoms with Crippen LogP contribution in [-0.4, -0.2) is 97.6 Å². The standard InChI is InChI=1S/C53H102N2O9Si3/c1-27-28-29-36(3)46(61-50(54)59)41(8)47(63-66(23,24)52(13,14)15)39(6)33-35(2)32-38(5)45(62-65(21,22)51(10,11)12)37(4)30-31-43(56)34-44(57)40(7)48(42(9)49(58)55(19)60-20)64-67(25,26)53(16,17)18/h27-32,36-43,45-48,56H,1,33-34H2,2-26H3,(H2,54,59)/t36-,37-,38-,39-,40-,41+,42+,43+,45-,46-,47+,48-/m0/s1. The Kier molecular flexibility index (Phi) is 25.5. The normalized spacial score (nSPS) is 19.4. The van der Waals surface area contributed by atoms with E-state index in [4.69, 9.17) is 28.6 Å². The zero-order valence-corrected chi connectivity index (χ0v) is 50.3. The van der Waals surface area contributed by atoms with Gasteiger partial charge in [0.25, 0.3) is 5.91 Å². The van der Waals surface area contributed by atoms with Crippen LogP contribution in [0.4, 0.5) is 4.79 Å². The largest absolute Gasteiger partial charge is 0.445 e. The van der Waals surface area contributed by atoms with E-state index in [1.165, 1.54) is 17.7 Å². The van der Waals surface area contributed by atoms with Crippen molar-refractivity contribution in [3.8, 4) is 0 Å². The van der Waals surface area contributed by atoms with Crippen molar-refractivity contribution < 1.29 is 42.3 Å². The fraction of sp³-hybridized carbons (Fsp3) is 0.792. The molecular formula is C53H102N2O9Si3.